The van der Waals surface area contributed by atoms with Crippen LogP contribution < -0.4 is 11.3 Å². The minimum absolute atomic E-state index is 0.0602. The molecule has 0 bridgehead atoms. The zero-order valence-electron chi connectivity index (χ0n) is 7.55. The highest BCUT2D eigenvalue weighted by molar-refractivity contribution is 5.04. The molecule has 0 aliphatic carbocycles. The number of methoxy groups -OCH3 is 1. The highest BCUT2D eigenvalue weighted by Gasteiger charge is 2.17. The Morgan fingerprint density at radius 1 is 1.73 bits per heavy atom. The van der Waals surface area contributed by atoms with Crippen LogP contribution >= 0.6 is 0 Å². The van der Waals surface area contributed by atoms with Crippen molar-refractivity contribution in [2.24, 2.45) is 5.84 Å². The quantitative estimate of drug-likeness (QED) is 0.354. The molecule has 3 heteroatoms. The first-order valence-corrected chi connectivity index (χ1v) is 3.81. The number of nitrogens with one attached hydrogen (secondary N) is 1. The minimum Gasteiger partial charge on any atom is -0.379 e. The van der Waals surface area contributed by atoms with E-state index < -0.39 is 0 Å². The summed E-state index contributed by atoms with van der Waals surface area (Å²) in [5.41, 5.74) is 3.68. The smallest absolute Gasteiger partial charge is 0.0772 e. The van der Waals surface area contributed by atoms with Crippen molar-refractivity contribution in [3.05, 3.63) is 12.2 Å². The largest absolute Gasteiger partial charge is 0.379 e. The van der Waals surface area contributed by atoms with Gasteiger partial charge in [0.15, 0.2) is 0 Å². The first-order chi connectivity index (χ1) is 5.17. The second-order valence-electron chi connectivity index (χ2n) is 2.67. The maximum absolute atomic E-state index is 5.33. The molecule has 0 spiro atoms. The van der Waals surface area contributed by atoms with Gasteiger partial charge >= 0.3 is 0 Å². The predicted octanol–water partition coefficient (Wildman–Crippen LogP) is 0.819. The molecule has 0 fully saturated rings. The fraction of sp³-hybridized carbons (Fsp3) is 0.750. The lowest BCUT2D eigenvalue weighted by Gasteiger charge is -2.24. The first kappa shape index (κ1) is 10.6. The van der Waals surface area contributed by atoms with Crippen LogP contribution in [0.4, 0.5) is 0 Å². The van der Waals surface area contributed by atoms with Crippen LogP contribution in [0.3, 0.4) is 0 Å². The van der Waals surface area contributed by atoms with E-state index in [1.165, 1.54) is 0 Å². The van der Waals surface area contributed by atoms with E-state index in [2.05, 4.69) is 18.9 Å². The zero-order chi connectivity index (χ0) is 8.85. The van der Waals surface area contributed by atoms with Gasteiger partial charge in [0.25, 0.3) is 0 Å². The summed E-state index contributed by atoms with van der Waals surface area (Å²) in [5.74, 6) is 5.33. The van der Waals surface area contributed by atoms with Crippen LogP contribution in [0, 0.1) is 0 Å². The van der Waals surface area contributed by atoms with Crippen molar-refractivity contribution in [1.82, 2.24) is 5.43 Å². The van der Waals surface area contributed by atoms with Crippen LogP contribution in [0.15, 0.2) is 12.2 Å². The molecule has 2 unspecified atom stereocenters. The Kier molecular flexibility index (Phi) is 5.11. The third-order valence-electron chi connectivity index (χ3n) is 1.79. The molecular formula is C8H18N2O. The molecule has 0 aliphatic heterocycles. The molecule has 0 rings (SSSR count). The third kappa shape index (κ3) is 3.01. The van der Waals surface area contributed by atoms with Gasteiger partial charge in [0.05, 0.1) is 12.1 Å². The number of nitrogens with two attached hydrogens (primary N) is 1. The van der Waals surface area contributed by atoms with Crippen LogP contribution in [0.25, 0.3) is 0 Å². The Balaban J connectivity index is 4.09. The molecule has 11 heavy (non-hydrogen) atoms. The number of hydrogen-bond donors (Lipinski definition) is 2. The Morgan fingerprint density at radius 3 is 2.36 bits per heavy atom. The van der Waals surface area contributed by atoms with Gasteiger partial charge < -0.3 is 4.74 Å². The monoisotopic (exact) mass is 158 g/mol. The van der Waals surface area contributed by atoms with Crippen LogP contribution in [0.1, 0.15) is 20.3 Å². The molecule has 0 aromatic rings. The van der Waals surface area contributed by atoms with Crippen LogP contribution in [-0.2, 0) is 4.74 Å². The highest BCUT2D eigenvalue weighted by Crippen LogP contribution is 2.08. The molecule has 0 saturated carbocycles. The summed E-state index contributed by atoms with van der Waals surface area (Å²) in [7, 11) is 1.68. The molecule has 0 heterocycles. The van der Waals surface area contributed by atoms with Crippen LogP contribution in [0.5, 0.6) is 0 Å². The molecule has 0 aliphatic rings. The topological polar surface area (TPSA) is 47.3 Å². The van der Waals surface area contributed by atoms with Crippen molar-refractivity contribution in [1.29, 1.82) is 0 Å². The summed E-state index contributed by atoms with van der Waals surface area (Å²) in [5, 5.41) is 0. The molecule has 0 radical (unpaired) electrons. The zero-order valence-corrected chi connectivity index (χ0v) is 7.55. The molecule has 66 valence electrons. The number of ether oxygens (including phenoxy) is 1. The number of hydrogen-bond acceptors (Lipinski definition) is 3. The van der Waals surface area contributed by atoms with E-state index in [4.69, 9.17) is 10.6 Å². The van der Waals surface area contributed by atoms with Crippen molar-refractivity contribution in [2.75, 3.05) is 7.11 Å². The van der Waals surface area contributed by atoms with Gasteiger partial charge in [-0.05, 0) is 13.3 Å². The van der Waals surface area contributed by atoms with Crippen molar-refractivity contribution < 1.29 is 4.74 Å². The van der Waals surface area contributed by atoms with Gasteiger partial charge in [0, 0.05) is 7.11 Å². The Morgan fingerprint density at radius 2 is 2.27 bits per heavy atom. The molecule has 2 atom stereocenters. The lowest BCUT2D eigenvalue weighted by Crippen LogP contribution is -2.45. The molecule has 3 N–H and O–H groups in total. The Hall–Kier alpha value is -0.380. The van der Waals surface area contributed by atoms with E-state index in [1.54, 1.807) is 7.11 Å². The number of rotatable bonds is 5. The maximum Gasteiger partial charge on any atom is 0.0772 e. The normalized spacial score (nSPS) is 16.0. The molecule has 3 nitrogen and oxygen atoms in total. The summed E-state index contributed by atoms with van der Waals surface area (Å²) < 4.78 is 5.21. The second-order valence-corrected chi connectivity index (χ2v) is 2.67. The minimum atomic E-state index is 0.0602. The van der Waals surface area contributed by atoms with E-state index in [0.29, 0.717) is 0 Å². The van der Waals surface area contributed by atoms with Crippen molar-refractivity contribution in [3.63, 3.8) is 0 Å². The van der Waals surface area contributed by atoms with E-state index in [0.717, 1.165) is 12.0 Å². The van der Waals surface area contributed by atoms with Gasteiger partial charge in [-0.3, -0.25) is 11.3 Å². The van der Waals surface area contributed by atoms with Gasteiger partial charge in [-0.2, -0.15) is 0 Å². The Labute approximate surface area is 68.6 Å². The maximum atomic E-state index is 5.33. The molecule has 0 saturated heterocycles. The van der Waals surface area contributed by atoms with E-state index in [1.807, 2.05) is 6.92 Å². The van der Waals surface area contributed by atoms with E-state index in [-0.39, 0.29) is 12.1 Å². The predicted molar refractivity (Wildman–Crippen MR) is 47.0 cm³/mol. The summed E-state index contributed by atoms with van der Waals surface area (Å²) >= 11 is 0. The molecule has 0 aromatic carbocycles. The number of hydrazine groups is 1. The molecule has 0 amide bonds. The van der Waals surface area contributed by atoms with Gasteiger partial charge in [0.1, 0.15) is 0 Å². The van der Waals surface area contributed by atoms with E-state index in [9.17, 15) is 0 Å². The average Bonchev–Trinajstić information content (AvgIpc) is 1.99. The van der Waals surface area contributed by atoms with Crippen LogP contribution in [-0.4, -0.2) is 19.3 Å². The fourth-order valence-electron chi connectivity index (χ4n) is 1.11. The summed E-state index contributed by atoms with van der Waals surface area (Å²) in [6, 6.07) is 0.0602. The average molecular weight is 158 g/mol. The Bertz CT molecular complexity index is 121. The van der Waals surface area contributed by atoms with Gasteiger partial charge in [-0.15, -0.1) is 0 Å². The van der Waals surface area contributed by atoms with Gasteiger partial charge in [0.2, 0.25) is 0 Å². The lowest BCUT2D eigenvalue weighted by atomic mass is 10.0. The SMILES string of the molecule is C=C(C)C(NN)C(CC)OC. The molecular weight excluding hydrogens is 140 g/mol. The third-order valence-corrected chi connectivity index (χ3v) is 1.79. The molecule has 0 aromatic heterocycles. The first-order valence-electron chi connectivity index (χ1n) is 3.81. The summed E-state index contributed by atoms with van der Waals surface area (Å²) in [6.45, 7) is 7.81. The highest BCUT2D eigenvalue weighted by atomic mass is 16.5. The van der Waals surface area contributed by atoms with Gasteiger partial charge in [-0.1, -0.05) is 19.1 Å². The van der Waals surface area contributed by atoms with Crippen molar-refractivity contribution in [3.8, 4) is 0 Å². The fourth-order valence-corrected chi connectivity index (χ4v) is 1.11. The van der Waals surface area contributed by atoms with Gasteiger partial charge in [-0.25, -0.2) is 0 Å². The second kappa shape index (κ2) is 5.29. The van der Waals surface area contributed by atoms with E-state index >= 15 is 0 Å². The summed E-state index contributed by atoms with van der Waals surface area (Å²) in [4.78, 5) is 0. The standard InChI is InChI=1S/C8H18N2O/c1-5-7(11-4)8(10-9)6(2)3/h7-8,10H,2,5,9H2,1,3-4H3. The summed E-state index contributed by atoms with van der Waals surface area (Å²) in [6.07, 6.45) is 1.05. The van der Waals surface area contributed by atoms with Crippen molar-refractivity contribution >= 4 is 0 Å². The van der Waals surface area contributed by atoms with Crippen LogP contribution in [0.2, 0.25) is 0 Å². The lowest BCUT2D eigenvalue weighted by molar-refractivity contribution is 0.0760. The van der Waals surface area contributed by atoms with Crippen molar-refractivity contribution in [2.45, 2.75) is 32.4 Å².